The van der Waals surface area contributed by atoms with Gasteiger partial charge in [-0.25, -0.2) is 4.98 Å². The van der Waals surface area contributed by atoms with Crippen LogP contribution in [0.5, 0.6) is 0 Å². The fourth-order valence-corrected chi connectivity index (χ4v) is 2.47. The van der Waals surface area contributed by atoms with Crippen LogP contribution >= 0.6 is 11.8 Å². The summed E-state index contributed by atoms with van der Waals surface area (Å²) in [7, 11) is 0. The Hall–Kier alpha value is -2.35. The Labute approximate surface area is 118 Å². The average molecular weight is 292 g/mol. The molecule has 0 saturated heterocycles. The van der Waals surface area contributed by atoms with Gasteiger partial charge >= 0.3 is 0 Å². The van der Waals surface area contributed by atoms with Gasteiger partial charge in [0.1, 0.15) is 5.69 Å². The van der Waals surface area contributed by atoms with Crippen molar-refractivity contribution in [2.45, 2.75) is 17.8 Å². The quantitative estimate of drug-likeness (QED) is 0.292. The summed E-state index contributed by atoms with van der Waals surface area (Å²) in [6.45, 7) is 1.73. The van der Waals surface area contributed by atoms with Crippen LogP contribution < -0.4 is 11.3 Å². The van der Waals surface area contributed by atoms with Gasteiger partial charge in [0.2, 0.25) is 0 Å². The number of nitrogen functional groups attached to an aromatic ring is 1. The van der Waals surface area contributed by atoms with Crippen LogP contribution in [0.3, 0.4) is 0 Å². The van der Waals surface area contributed by atoms with Crippen molar-refractivity contribution in [1.29, 1.82) is 0 Å². The number of nitro groups is 1. The summed E-state index contributed by atoms with van der Waals surface area (Å²) in [6, 6.07) is 6.04. The lowest BCUT2D eigenvalue weighted by atomic mass is 10.2. The molecule has 20 heavy (non-hydrogen) atoms. The van der Waals surface area contributed by atoms with E-state index >= 15 is 0 Å². The molecule has 0 radical (unpaired) electrons. The maximum absolute atomic E-state index is 11.3. The summed E-state index contributed by atoms with van der Waals surface area (Å²) in [4.78, 5) is 28.4. The van der Waals surface area contributed by atoms with E-state index < -0.39 is 4.92 Å². The number of nitrogens with one attached hydrogen (secondary N) is 1. The third-order valence-corrected chi connectivity index (χ3v) is 3.46. The van der Waals surface area contributed by atoms with Crippen molar-refractivity contribution >= 4 is 23.1 Å². The summed E-state index contributed by atoms with van der Waals surface area (Å²) < 4.78 is 0. The van der Waals surface area contributed by atoms with Crippen molar-refractivity contribution in [2.24, 2.45) is 0 Å². The van der Waals surface area contributed by atoms with Crippen LogP contribution in [-0.2, 0) is 5.75 Å². The topological polar surface area (TPSA) is 115 Å². The van der Waals surface area contributed by atoms with E-state index in [1.807, 2.05) is 0 Å². The van der Waals surface area contributed by atoms with Gasteiger partial charge in [-0.2, -0.15) is 0 Å². The second-order valence-electron chi connectivity index (χ2n) is 4.13. The second kappa shape index (κ2) is 5.74. The minimum atomic E-state index is -0.518. The van der Waals surface area contributed by atoms with Crippen molar-refractivity contribution in [1.82, 2.24) is 9.97 Å². The van der Waals surface area contributed by atoms with Crippen LogP contribution in [0.2, 0.25) is 0 Å². The normalized spacial score (nSPS) is 10.4. The number of aromatic nitrogens is 2. The van der Waals surface area contributed by atoms with Crippen molar-refractivity contribution < 1.29 is 4.92 Å². The number of hydrogen-bond donors (Lipinski definition) is 2. The second-order valence-corrected chi connectivity index (χ2v) is 5.09. The number of aryl methyl sites for hydroxylation is 1. The largest absolute Gasteiger partial charge is 0.393 e. The lowest BCUT2D eigenvalue weighted by Gasteiger charge is -2.03. The SMILES string of the molecule is Cc1cc(=O)[nH]c(SCc2ccc(N)c([N+](=O)[O-])c2)n1. The van der Waals surface area contributed by atoms with Crippen LogP contribution in [-0.4, -0.2) is 14.9 Å². The lowest BCUT2D eigenvalue weighted by Crippen LogP contribution is -2.08. The predicted octanol–water partition coefficient (Wildman–Crippen LogP) is 1.86. The van der Waals surface area contributed by atoms with Crippen LogP contribution in [0.25, 0.3) is 0 Å². The van der Waals surface area contributed by atoms with Gasteiger partial charge in [0.25, 0.3) is 11.2 Å². The molecule has 7 nitrogen and oxygen atoms in total. The van der Waals surface area contributed by atoms with E-state index in [0.717, 1.165) is 5.56 Å². The summed E-state index contributed by atoms with van der Waals surface area (Å²) in [6.07, 6.45) is 0. The van der Waals surface area contributed by atoms with Gasteiger partial charge in [-0.3, -0.25) is 14.9 Å². The first-order valence-electron chi connectivity index (χ1n) is 5.69. The van der Waals surface area contributed by atoms with Gasteiger partial charge in [-0.15, -0.1) is 0 Å². The van der Waals surface area contributed by atoms with E-state index in [9.17, 15) is 14.9 Å². The molecule has 0 amide bonds. The molecule has 0 atom stereocenters. The van der Waals surface area contributed by atoms with Crippen molar-refractivity contribution in [3.8, 4) is 0 Å². The number of H-pyrrole nitrogens is 1. The lowest BCUT2D eigenvalue weighted by molar-refractivity contribution is -0.383. The fraction of sp³-hybridized carbons (Fsp3) is 0.167. The highest BCUT2D eigenvalue weighted by Crippen LogP contribution is 2.26. The highest BCUT2D eigenvalue weighted by molar-refractivity contribution is 7.98. The maximum Gasteiger partial charge on any atom is 0.292 e. The molecule has 0 fully saturated rings. The first-order valence-corrected chi connectivity index (χ1v) is 6.68. The highest BCUT2D eigenvalue weighted by atomic mass is 32.2. The van der Waals surface area contributed by atoms with Crippen LogP contribution in [0.4, 0.5) is 11.4 Å². The zero-order valence-corrected chi connectivity index (χ0v) is 11.4. The molecule has 3 N–H and O–H groups in total. The number of nitrogens with two attached hydrogens (primary N) is 1. The minimum absolute atomic E-state index is 0.117. The summed E-state index contributed by atoms with van der Waals surface area (Å²) in [5, 5.41) is 11.3. The van der Waals surface area contributed by atoms with E-state index in [1.165, 1.54) is 30.0 Å². The molecular weight excluding hydrogens is 280 g/mol. The van der Waals surface area contributed by atoms with Gasteiger partial charge in [-0.1, -0.05) is 17.8 Å². The Balaban J connectivity index is 2.16. The number of hydrogen-bond acceptors (Lipinski definition) is 6. The van der Waals surface area contributed by atoms with Crippen LogP contribution in [0.1, 0.15) is 11.3 Å². The number of benzene rings is 1. The van der Waals surface area contributed by atoms with E-state index in [-0.39, 0.29) is 16.9 Å². The van der Waals surface area contributed by atoms with Gasteiger partial charge in [0.15, 0.2) is 5.16 Å². The van der Waals surface area contributed by atoms with Crippen LogP contribution in [0, 0.1) is 17.0 Å². The zero-order chi connectivity index (χ0) is 14.7. The molecule has 2 rings (SSSR count). The average Bonchev–Trinajstić information content (AvgIpc) is 2.36. The molecule has 1 aromatic heterocycles. The Morgan fingerprint density at radius 2 is 2.20 bits per heavy atom. The smallest absolute Gasteiger partial charge is 0.292 e. The van der Waals surface area contributed by atoms with Crippen LogP contribution in [0.15, 0.2) is 34.2 Å². The number of rotatable bonds is 4. The third kappa shape index (κ3) is 3.35. The molecule has 0 aliphatic carbocycles. The molecular formula is C12H12N4O3S. The summed E-state index contributed by atoms with van der Waals surface area (Å²) in [5.41, 5.74) is 6.68. The monoisotopic (exact) mass is 292 g/mol. The predicted molar refractivity (Wildman–Crippen MR) is 76.7 cm³/mol. The molecule has 1 heterocycles. The maximum atomic E-state index is 11.3. The van der Waals surface area contributed by atoms with E-state index in [4.69, 9.17) is 5.73 Å². The van der Waals surface area contributed by atoms with Crippen molar-refractivity contribution in [2.75, 3.05) is 5.73 Å². The first kappa shape index (κ1) is 14.1. The first-order chi connectivity index (χ1) is 9.45. The summed E-state index contributed by atoms with van der Waals surface area (Å²) >= 11 is 1.30. The van der Waals surface area contributed by atoms with Gasteiger partial charge < -0.3 is 10.7 Å². The number of nitrogens with zero attached hydrogens (tertiary/aromatic N) is 2. The van der Waals surface area contributed by atoms with Gasteiger partial charge in [-0.05, 0) is 18.6 Å². The molecule has 0 spiro atoms. The summed E-state index contributed by atoms with van der Waals surface area (Å²) in [5.74, 6) is 0.452. The Kier molecular flexibility index (Phi) is 4.04. The van der Waals surface area contributed by atoms with Gasteiger partial charge in [0.05, 0.1) is 4.92 Å². The molecule has 0 bridgehead atoms. The third-order valence-electron chi connectivity index (χ3n) is 2.52. The zero-order valence-electron chi connectivity index (χ0n) is 10.6. The van der Waals surface area contributed by atoms with E-state index in [1.54, 1.807) is 13.0 Å². The number of aromatic amines is 1. The van der Waals surface area contributed by atoms with E-state index in [0.29, 0.717) is 16.6 Å². The molecule has 1 aromatic carbocycles. The highest BCUT2D eigenvalue weighted by Gasteiger charge is 2.12. The Morgan fingerprint density at radius 1 is 1.45 bits per heavy atom. The molecule has 0 aliphatic rings. The molecule has 0 saturated carbocycles. The molecule has 8 heteroatoms. The van der Waals surface area contributed by atoms with Crippen molar-refractivity contribution in [3.63, 3.8) is 0 Å². The van der Waals surface area contributed by atoms with Gasteiger partial charge in [0, 0.05) is 23.6 Å². The Morgan fingerprint density at radius 3 is 2.85 bits per heavy atom. The standard InChI is InChI=1S/C12H12N4O3S/c1-7-4-11(17)15-12(14-7)20-6-8-2-3-9(13)10(5-8)16(18)19/h2-5H,6,13H2,1H3,(H,14,15,17). The number of nitro benzene ring substituents is 1. The number of thioether (sulfide) groups is 1. The molecule has 0 unspecified atom stereocenters. The number of anilines is 1. The van der Waals surface area contributed by atoms with E-state index in [2.05, 4.69) is 9.97 Å². The van der Waals surface area contributed by atoms with Crippen molar-refractivity contribution in [3.05, 3.63) is 56.0 Å². The molecule has 104 valence electrons. The fourth-order valence-electron chi connectivity index (χ4n) is 1.61. The molecule has 2 aromatic rings. The molecule has 0 aliphatic heterocycles. The Bertz CT molecular complexity index is 714. The minimum Gasteiger partial charge on any atom is -0.393 e.